The Kier molecular flexibility index (Phi) is 7.66. The molecule has 3 rings (SSSR count). The third-order valence-corrected chi connectivity index (χ3v) is 9.52. The van der Waals surface area contributed by atoms with Gasteiger partial charge in [-0.1, -0.05) is 54.6 Å². The van der Waals surface area contributed by atoms with Gasteiger partial charge in [0.25, 0.3) is 0 Å². The summed E-state index contributed by atoms with van der Waals surface area (Å²) in [7, 11) is -2.05. The molecular formula is C24H25O3P. The van der Waals surface area contributed by atoms with Crippen LogP contribution in [0, 0.1) is 0 Å². The van der Waals surface area contributed by atoms with E-state index in [9.17, 15) is 4.79 Å². The zero-order valence-corrected chi connectivity index (χ0v) is 17.3. The summed E-state index contributed by atoms with van der Waals surface area (Å²) >= 11 is 0. The molecule has 1 unspecified atom stereocenters. The summed E-state index contributed by atoms with van der Waals surface area (Å²) in [6.45, 7) is 4.78. The largest absolute Gasteiger partial charge is 0.550 e. The first kappa shape index (κ1) is 21.5. The molecular weight excluding hydrogens is 367 g/mol. The van der Waals surface area contributed by atoms with Crippen molar-refractivity contribution in [3.05, 3.63) is 91.0 Å². The minimum absolute atomic E-state index is 0.0651. The molecule has 3 aromatic carbocycles. The molecule has 4 heteroatoms. The van der Waals surface area contributed by atoms with E-state index in [0.29, 0.717) is 0 Å². The second kappa shape index (κ2) is 9.96. The number of aliphatic carboxylic acids is 1. The maximum Gasteiger partial charge on any atom is 0.170 e. The second-order valence-corrected chi connectivity index (χ2v) is 10.3. The van der Waals surface area contributed by atoms with Crippen LogP contribution in [0.1, 0.15) is 20.8 Å². The summed E-state index contributed by atoms with van der Waals surface area (Å²) in [6, 6.07) is 31.6. The molecule has 0 aliphatic heterocycles. The average molecular weight is 392 g/mol. The number of carbonyl (C=O) groups excluding carboxylic acids is 2. The average Bonchev–Trinajstić information content (AvgIpc) is 2.70. The van der Waals surface area contributed by atoms with Gasteiger partial charge >= 0.3 is 0 Å². The Bertz CT molecular complexity index is 792. The van der Waals surface area contributed by atoms with Crippen LogP contribution >= 0.6 is 7.26 Å². The Balaban J connectivity index is 0.000000640. The molecule has 0 aliphatic carbocycles. The van der Waals surface area contributed by atoms with Gasteiger partial charge in [0.05, 0.1) is 0 Å². The topological polar surface area (TPSA) is 57.2 Å². The van der Waals surface area contributed by atoms with Gasteiger partial charge in [-0.15, -0.1) is 0 Å². The van der Waals surface area contributed by atoms with Gasteiger partial charge in [0.2, 0.25) is 0 Å². The molecule has 1 atom stereocenters. The molecule has 144 valence electrons. The van der Waals surface area contributed by atoms with E-state index in [4.69, 9.17) is 9.90 Å². The summed E-state index contributed by atoms with van der Waals surface area (Å²) in [6.07, 6.45) is 0. The first-order chi connectivity index (χ1) is 13.4. The fraction of sp³-hybridized carbons (Fsp3) is 0.167. The number of Topliss-reactive ketones (excluding diaryl/α,β-unsaturated/α-hetero) is 1. The van der Waals surface area contributed by atoms with E-state index in [1.807, 2.05) is 18.2 Å². The summed E-state index contributed by atoms with van der Waals surface area (Å²) in [5.41, 5.74) is -0.0651. The molecule has 3 nitrogen and oxygen atoms in total. The smallest absolute Gasteiger partial charge is 0.170 e. The predicted octanol–water partition coefficient (Wildman–Crippen LogP) is 2.71. The monoisotopic (exact) mass is 392 g/mol. The van der Waals surface area contributed by atoms with E-state index in [0.717, 1.165) is 6.92 Å². The Labute approximate surface area is 167 Å². The molecule has 0 radical (unpaired) electrons. The predicted molar refractivity (Wildman–Crippen MR) is 116 cm³/mol. The lowest BCUT2D eigenvalue weighted by Gasteiger charge is -2.31. The Morgan fingerprint density at radius 2 is 0.929 bits per heavy atom. The van der Waals surface area contributed by atoms with Crippen molar-refractivity contribution in [2.45, 2.75) is 26.4 Å². The lowest BCUT2D eigenvalue weighted by Crippen LogP contribution is -2.40. The molecule has 0 N–H and O–H groups in total. The lowest BCUT2D eigenvalue weighted by atomic mass is 10.3. The number of carboxylic acid groups (broad SMARTS) is 1. The van der Waals surface area contributed by atoms with E-state index in [-0.39, 0.29) is 11.4 Å². The minimum atomic E-state index is -2.05. The van der Waals surface area contributed by atoms with Crippen molar-refractivity contribution in [2.75, 3.05) is 0 Å². The van der Waals surface area contributed by atoms with Crippen LogP contribution in [0.5, 0.6) is 0 Å². The van der Waals surface area contributed by atoms with Crippen LogP contribution < -0.4 is 21.0 Å². The van der Waals surface area contributed by atoms with Gasteiger partial charge in [0, 0.05) is 5.97 Å². The van der Waals surface area contributed by atoms with Gasteiger partial charge in [-0.05, 0) is 57.2 Å². The van der Waals surface area contributed by atoms with Crippen molar-refractivity contribution in [3.63, 3.8) is 0 Å². The van der Waals surface area contributed by atoms with Gasteiger partial charge in [-0.2, -0.15) is 0 Å². The maximum absolute atomic E-state index is 12.5. The number of carboxylic acids is 1. The quantitative estimate of drug-likeness (QED) is 0.628. The third kappa shape index (κ3) is 4.74. The summed E-state index contributed by atoms with van der Waals surface area (Å²) in [4.78, 5) is 21.4. The van der Waals surface area contributed by atoms with E-state index >= 15 is 0 Å². The van der Waals surface area contributed by atoms with Crippen molar-refractivity contribution < 1.29 is 14.7 Å². The lowest BCUT2D eigenvalue weighted by molar-refractivity contribution is -0.302. The van der Waals surface area contributed by atoms with E-state index < -0.39 is 13.2 Å². The third-order valence-electron chi connectivity index (χ3n) is 4.66. The Morgan fingerprint density at radius 1 is 0.679 bits per heavy atom. The molecule has 0 amide bonds. The molecule has 0 fully saturated rings. The van der Waals surface area contributed by atoms with Crippen molar-refractivity contribution >= 4 is 34.9 Å². The molecule has 3 aromatic rings. The second-order valence-electron chi connectivity index (χ2n) is 6.51. The standard InChI is InChI=1S/C22H22OP.C2H4O2/c1-18(23)19(2)24(20-12-6-3-7-13-20,21-14-8-4-9-15-21)22-16-10-5-11-17-22;1-2(3)4/h3-17,19H,1-2H3;1H3,(H,3,4)/q+1;/p-1. The molecule has 0 saturated heterocycles. The number of ketones is 1. The highest BCUT2D eigenvalue weighted by Gasteiger charge is 2.52. The number of benzene rings is 3. The van der Waals surface area contributed by atoms with Crippen LogP contribution in [0.15, 0.2) is 91.0 Å². The SMILES string of the molecule is CC(=O)C(C)[P+](c1ccccc1)(c1ccccc1)c1ccccc1.CC(=O)[O-]. The van der Waals surface area contributed by atoms with Gasteiger partial charge in [0.15, 0.2) is 5.78 Å². The van der Waals surface area contributed by atoms with E-state index in [1.54, 1.807) is 6.92 Å². The molecule has 28 heavy (non-hydrogen) atoms. The highest BCUT2D eigenvalue weighted by atomic mass is 31.2. The normalized spacial score (nSPS) is 11.7. The van der Waals surface area contributed by atoms with Crippen LogP contribution in [-0.4, -0.2) is 17.4 Å². The molecule has 0 aromatic heterocycles. The van der Waals surface area contributed by atoms with Crippen LogP contribution in [0.4, 0.5) is 0 Å². The van der Waals surface area contributed by atoms with Gasteiger partial charge in [-0.3, -0.25) is 4.79 Å². The Morgan fingerprint density at radius 3 is 1.14 bits per heavy atom. The zero-order chi connectivity index (χ0) is 20.6. The highest BCUT2D eigenvalue weighted by Crippen LogP contribution is 2.59. The van der Waals surface area contributed by atoms with Crippen LogP contribution in [0.25, 0.3) is 0 Å². The number of carbonyl (C=O) groups is 2. The molecule has 0 aliphatic rings. The fourth-order valence-electron chi connectivity index (χ4n) is 3.38. The van der Waals surface area contributed by atoms with Crippen LogP contribution in [-0.2, 0) is 9.59 Å². The van der Waals surface area contributed by atoms with Gasteiger partial charge < -0.3 is 9.90 Å². The van der Waals surface area contributed by atoms with Crippen LogP contribution in [0.3, 0.4) is 0 Å². The fourth-order valence-corrected chi connectivity index (χ4v) is 8.09. The number of hydrogen-bond acceptors (Lipinski definition) is 3. The number of hydrogen-bond donors (Lipinski definition) is 0. The zero-order valence-electron chi connectivity index (χ0n) is 16.4. The summed E-state index contributed by atoms with van der Waals surface area (Å²) in [5, 5.41) is 12.7. The molecule has 0 spiro atoms. The molecule has 0 bridgehead atoms. The van der Waals surface area contributed by atoms with E-state index in [2.05, 4.69) is 79.7 Å². The van der Waals surface area contributed by atoms with Crippen LogP contribution in [0.2, 0.25) is 0 Å². The number of rotatable bonds is 5. The molecule has 0 heterocycles. The first-order valence-corrected chi connectivity index (χ1v) is 11.0. The van der Waals surface area contributed by atoms with Gasteiger partial charge in [-0.25, -0.2) is 0 Å². The minimum Gasteiger partial charge on any atom is -0.550 e. The summed E-state index contributed by atoms with van der Waals surface area (Å²) < 4.78 is 0. The van der Waals surface area contributed by atoms with Crippen molar-refractivity contribution in [1.29, 1.82) is 0 Å². The van der Waals surface area contributed by atoms with Gasteiger partial charge in [0.1, 0.15) is 28.8 Å². The maximum atomic E-state index is 12.5. The molecule has 0 saturated carbocycles. The van der Waals surface area contributed by atoms with Crippen molar-refractivity contribution in [1.82, 2.24) is 0 Å². The highest BCUT2D eigenvalue weighted by molar-refractivity contribution is 7.96. The van der Waals surface area contributed by atoms with Crippen molar-refractivity contribution in [3.8, 4) is 0 Å². The van der Waals surface area contributed by atoms with E-state index in [1.165, 1.54) is 15.9 Å². The van der Waals surface area contributed by atoms with Crippen molar-refractivity contribution in [2.24, 2.45) is 0 Å². The summed E-state index contributed by atoms with van der Waals surface area (Å²) in [5.74, 6) is -0.847. The first-order valence-electron chi connectivity index (χ1n) is 9.14. The Hall–Kier alpha value is -2.77.